The zero-order chi connectivity index (χ0) is 11.5. The maximum atomic E-state index is 12.0. The van der Waals surface area contributed by atoms with Gasteiger partial charge in [-0.1, -0.05) is 30.3 Å². The number of hydrogen-bond acceptors (Lipinski definition) is 1. The maximum absolute atomic E-state index is 12.0. The standard InChI is InChI=1S/C14H15OP/c1-11-8-16(9-12(11)2)10-14(15)13-6-4-3-5-7-13/h3-9H,10H2,1-2H3. The van der Waals surface area contributed by atoms with Crippen LogP contribution in [0, 0.1) is 13.8 Å². The lowest BCUT2D eigenvalue weighted by molar-refractivity contribution is 0.100. The Morgan fingerprint density at radius 2 is 1.62 bits per heavy atom. The summed E-state index contributed by atoms with van der Waals surface area (Å²) < 4.78 is 0. The molecule has 1 heterocycles. The molecule has 1 aromatic carbocycles. The van der Waals surface area contributed by atoms with Gasteiger partial charge in [-0.25, -0.2) is 0 Å². The molecule has 0 bridgehead atoms. The van der Waals surface area contributed by atoms with Crippen LogP contribution in [0.1, 0.15) is 21.5 Å². The number of carbonyl (C=O) groups excluding carboxylic acids is 1. The highest BCUT2D eigenvalue weighted by atomic mass is 31.1. The normalized spacial score (nSPS) is 10.4. The number of carbonyl (C=O) groups is 1. The molecule has 1 nitrogen and oxygen atoms in total. The molecule has 0 aliphatic carbocycles. The van der Waals surface area contributed by atoms with E-state index in [0.29, 0.717) is 6.16 Å². The van der Waals surface area contributed by atoms with Crippen molar-refractivity contribution in [1.29, 1.82) is 0 Å². The van der Waals surface area contributed by atoms with Crippen molar-refractivity contribution in [1.82, 2.24) is 0 Å². The molecular formula is C14H15OP. The number of Topliss-reactive ketones (excluding diaryl/α,β-unsaturated/α-hetero) is 1. The lowest BCUT2D eigenvalue weighted by Crippen LogP contribution is -1.97. The fourth-order valence-electron chi connectivity index (χ4n) is 1.71. The van der Waals surface area contributed by atoms with Crippen molar-refractivity contribution in [3.63, 3.8) is 0 Å². The maximum Gasteiger partial charge on any atom is 0.170 e. The molecule has 0 radical (unpaired) electrons. The molecule has 2 rings (SSSR count). The highest BCUT2D eigenvalue weighted by Gasteiger charge is 2.07. The summed E-state index contributed by atoms with van der Waals surface area (Å²) in [7, 11) is -0.360. The van der Waals surface area contributed by atoms with Crippen LogP contribution >= 0.6 is 7.53 Å². The molecule has 0 spiro atoms. The first kappa shape index (κ1) is 11.2. The van der Waals surface area contributed by atoms with E-state index in [1.54, 1.807) is 0 Å². The Bertz CT molecular complexity index is 477. The Morgan fingerprint density at radius 3 is 2.19 bits per heavy atom. The van der Waals surface area contributed by atoms with Crippen molar-refractivity contribution >= 4 is 13.3 Å². The van der Waals surface area contributed by atoms with Crippen molar-refractivity contribution in [2.24, 2.45) is 0 Å². The first-order valence-electron chi connectivity index (χ1n) is 5.38. The number of rotatable bonds is 3. The van der Waals surface area contributed by atoms with Crippen molar-refractivity contribution in [3.05, 3.63) is 58.6 Å². The van der Waals surface area contributed by atoms with Gasteiger partial charge in [-0.05, 0) is 36.6 Å². The summed E-state index contributed by atoms with van der Waals surface area (Å²) >= 11 is 0. The van der Waals surface area contributed by atoms with Gasteiger partial charge in [0.2, 0.25) is 0 Å². The van der Waals surface area contributed by atoms with Gasteiger partial charge in [-0.2, -0.15) is 0 Å². The average molecular weight is 230 g/mol. The van der Waals surface area contributed by atoms with Gasteiger partial charge in [0.05, 0.1) is 0 Å². The van der Waals surface area contributed by atoms with E-state index in [4.69, 9.17) is 0 Å². The smallest absolute Gasteiger partial charge is 0.170 e. The van der Waals surface area contributed by atoms with Gasteiger partial charge in [-0.15, -0.1) is 7.53 Å². The molecule has 82 valence electrons. The zero-order valence-electron chi connectivity index (χ0n) is 9.60. The highest BCUT2D eigenvalue weighted by Crippen LogP contribution is 2.34. The predicted octanol–water partition coefficient (Wildman–Crippen LogP) is 4.17. The van der Waals surface area contributed by atoms with E-state index >= 15 is 0 Å². The number of aryl methyl sites for hydroxylation is 2. The summed E-state index contributed by atoms with van der Waals surface area (Å²) in [4.78, 5) is 12.0. The van der Waals surface area contributed by atoms with E-state index in [9.17, 15) is 4.79 Å². The van der Waals surface area contributed by atoms with Gasteiger partial charge in [-0.3, -0.25) is 4.79 Å². The van der Waals surface area contributed by atoms with Crippen LogP contribution in [0.25, 0.3) is 0 Å². The van der Waals surface area contributed by atoms with Crippen LogP contribution in [0.4, 0.5) is 0 Å². The van der Waals surface area contributed by atoms with Gasteiger partial charge < -0.3 is 0 Å². The lowest BCUT2D eigenvalue weighted by Gasteiger charge is -1.99. The molecule has 0 atom stereocenters. The molecule has 2 heteroatoms. The predicted molar refractivity (Wildman–Crippen MR) is 69.4 cm³/mol. The van der Waals surface area contributed by atoms with Gasteiger partial charge >= 0.3 is 0 Å². The van der Waals surface area contributed by atoms with E-state index in [0.717, 1.165) is 5.56 Å². The third-order valence-corrected chi connectivity index (χ3v) is 4.85. The van der Waals surface area contributed by atoms with Crippen LogP contribution in [-0.2, 0) is 6.16 Å². The van der Waals surface area contributed by atoms with Crippen molar-refractivity contribution in [2.75, 3.05) is 0 Å². The minimum atomic E-state index is -0.360. The minimum Gasteiger partial charge on any atom is -0.293 e. The third-order valence-electron chi connectivity index (χ3n) is 2.76. The van der Waals surface area contributed by atoms with E-state index < -0.39 is 0 Å². The quantitative estimate of drug-likeness (QED) is 0.723. The minimum absolute atomic E-state index is 0.252. The van der Waals surface area contributed by atoms with E-state index in [2.05, 4.69) is 25.4 Å². The molecular weight excluding hydrogens is 215 g/mol. The molecule has 0 saturated carbocycles. The van der Waals surface area contributed by atoms with E-state index in [1.807, 2.05) is 30.3 Å². The molecule has 2 aromatic rings. The molecule has 16 heavy (non-hydrogen) atoms. The van der Waals surface area contributed by atoms with Crippen LogP contribution in [0.3, 0.4) is 0 Å². The fraction of sp³-hybridized carbons (Fsp3) is 0.214. The molecule has 0 saturated heterocycles. The molecule has 0 unspecified atom stereocenters. The van der Waals surface area contributed by atoms with Crippen molar-refractivity contribution in [2.45, 2.75) is 20.0 Å². The number of hydrogen-bond donors (Lipinski definition) is 0. The van der Waals surface area contributed by atoms with Gasteiger partial charge in [0.1, 0.15) is 0 Å². The molecule has 1 aromatic heterocycles. The van der Waals surface area contributed by atoms with Gasteiger partial charge in [0.25, 0.3) is 0 Å². The Kier molecular flexibility index (Phi) is 3.26. The summed E-state index contributed by atoms with van der Waals surface area (Å²) in [6.07, 6.45) is 0.647. The zero-order valence-corrected chi connectivity index (χ0v) is 10.5. The van der Waals surface area contributed by atoms with Crippen molar-refractivity contribution < 1.29 is 4.79 Å². The summed E-state index contributed by atoms with van der Waals surface area (Å²) in [6.45, 7) is 4.22. The van der Waals surface area contributed by atoms with Crippen LogP contribution in [0.2, 0.25) is 0 Å². The van der Waals surface area contributed by atoms with Crippen molar-refractivity contribution in [3.8, 4) is 0 Å². The molecule has 0 aliphatic rings. The topological polar surface area (TPSA) is 17.1 Å². The lowest BCUT2D eigenvalue weighted by atomic mass is 10.2. The number of benzene rings is 1. The Labute approximate surface area is 97.2 Å². The molecule has 0 fully saturated rings. The summed E-state index contributed by atoms with van der Waals surface area (Å²) in [5.41, 5.74) is 3.48. The van der Waals surface area contributed by atoms with Gasteiger partial charge in [0.15, 0.2) is 5.78 Å². The Morgan fingerprint density at radius 1 is 1.06 bits per heavy atom. The second-order valence-electron chi connectivity index (χ2n) is 4.09. The molecule has 0 aliphatic heterocycles. The molecule has 0 N–H and O–H groups in total. The third kappa shape index (κ3) is 2.43. The van der Waals surface area contributed by atoms with Crippen LogP contribution < -0.4 is 0 Å². The summed E-state index contributed by atoms with van der Waals surface area (Å²) in [5.74, 6) is 4.73. The first-order valence-corrected chi connectivity index (χ1v) is 7.04. The highest BCUT2D eigenvalue weighted by molar-refractivity contribution is 7.48. The second kappa shape index (κ2) is 4.67. The summed E-state index contributed by atoms with van der Waals surface area (Å²) in [5, 5.41) is 0. The van der Waals surface area contributed by atoms with E-state index in [1.165, 1.54) is 11.1 Å². The first-order chi connectivity index (χ1) is 7.66. The number of ketones is 1. The monoisotopic (exact) mass is 230 g/mol. The fourth-order valence-corrected chi connectivity index (χ4v) is 3.88. The van der Waals surface area contributed by atoms with Crippen LogP contribution in [-0.4, -0.2) is 5.78 Å². The largest absolute Gasteiger partial charge is 0.293 e. The summed E-state index contributed by atoms with van der Waals surface area (Å²) in [6, 6.07) is 9.54. The SMILES string of the molecule is Cc1cp(CC(=O)c2ccccc2)cc1C. The Balaban J connectivity index is 2.14. The Hall–Kier alpha value is -1.33. The van der Waals surface area contributed by atoms with Crippen LogP contribution in [0.15, 0.2) is 41.9 Å². The van der Waals surface area contributed by atoms with E-state index in [-0.39, 0.29) is 13.3 Å². The average Bonchev–Trinajstić information content (AvgIpc) is 2.59. The van der Waals surface area contributed by atoms with Crippen LogP contribution in [0.5, 0.6) is 0 Å². The molecule has 0 amide bonds. The second-order valence-corrected chi connectivity index (χ2v) is 5.95. The van der Waals surface area contributed by atoms with Gasteiger partial charge in [0, 0.05) is 11.7 Å².